The highest BCUT2D eigenvalue weighted by atomic mass is 35.5. The van der Waals surface area contributed by atoms with Gasteiger partial charge in [0.2, 0.25) is 0 Å². The maximum absolute atomic E-state index is 11.9. The number of rotatable bonds is 2. The predicted octanol–water partition coefficient (Wildman–Crippen LogP) is 5.10. The highest BCUT2D eigenvalue weighted by Crippen LogP contribution is 2.23. The minimum absolute atomic E-state index is 0.442. The van der Waals surface area contributed by atoms with E-state index < -0.39 is 6.09 Å². The highest BCUT2D eigenvalue weighted by Gasteiger charge is 2.07. The van der Waals surface area contributed by atoms with Gasteiger partial charge in [0.05, 0.1) is 5.69 Å². The Hall–Kier alpha value is -2.52. The smallest absolute Gasteiger partial charge is 0.410 e. The second-order valence-electron chi connectivity index (χ2n) is 4.50. The molecule has 0 saturated carbocycles. The third kappa shape index (κ3) is 3.15. The zero-order valence-corrected chi connectivity index (χ0v) is 11.8. The number of ether oxygens (including phenoxy) is 1. The van der Waals surface area contributed by atoms with Gasteiger partial charge < -0.3 is 4.74 Å². The third-order valence-electron chi connectivity index (χ3n) is 3.05. The van der Waals surface area contributed by atoms with Crippen molar-refractivity contribution in [2.75, 3.05) is 5.32 Å². The maximum Gasteiger partial charge on any atom is 0.417 e. The van der Waals surface area contributed by atoms with E-state index in [9.17, 15) is 4.79 Å². The molecule has 1 amide bonds. The molecule has 0 heterocycles. The second kappa shape index (κ2) is 5.85. The number of fused-ring (bicyclic) bond motifs is 1. The second-order valence-corrected chi connectivity index (χ2v) is 4.93. The molecule has 0 saturated heterocycles. The van der Waals surface area contributed by atoms with Crippen LogP contribution in [0.25, 0.3) is 10.8 Å². The Morgan fingerprint density at radius 2 is 1.62 bits per heavy atom. The number of amides is 1. The molecule has 0 unspecified atom stereocenters. The van der Waals surface area contributed by atoms with Gasteiger partial charge in [-0.15, -0.1) is 0 Å². The van der Waals surface area contributed by atoms with Crippen LogP contribution >= 0.6 is 11.6 Å². The third-order valence-corrected chi connectivity index (χ3v) is 3.30. The van der Waals surface area contributed by atoms with Crippen molar-refractivity contribution in [3.63, 3.8) is 0 Å². The van der Waals surface area contributed by atoms with Gasteiger partial charge in [0.15, 0.2) is 0 Å². The monoisotopic (exact) mass is 297 g/mol. The molecule has 0 aliphatic heterocycles. The number of benzene rings is 3. The molecule has 3 aromatic rings. The van der Waals surface area contributed by atoms with E-state index in [0.717, 1.165) is 10.8 Å². The molecule has 21 heavy (non-hydrogen) atoms. The van der Waals surface area contributed by atoms with Gasteiger partial charge in [-0.3, -0.25) is 5.32 Å². The molecule has 3 nitrogen and oxygen atoms in total. The van der Waals surface area contributed by atoms with Gasteiger partial charge in [0.1, 0.15) is 5.75 Å². The number of nitrogens with one attached hydrogen (secondary N) is 1. The van der Waals surface area contributed by atoms with Crippen LogP contribution in [0, 0.1) is 0 Å². The Balaban J connectivity index is 1.79. The van der Waals surface area contributed by atoms with E-state index in [2.05, 4.69) is 5.32 Å². The first kappa shape index (κ1) is 13.5. The van der Waals surface area contributed by atoms with E-state index in [1.54, 1.807) is 24.3 Å². The van der Waals surface area contributed by atoms with Crippen molar-refractivity contribution < 1.29 is 9.53 Å². The fourth-order valence-electron chi connectivity index (χ4n) is 2.08. The molecular formula is C17H12ClNO2. The van der Waals surface area contributed by atoms with Crippen LogP contribution in [0.4, 0.5) is 10.5 Å². The molecule has 0 bridgehead atoms. The molecule has 0 atom stereocenters. The quantitative estimate of drug-likeness (QED) is 0.714. The van der Waals surface area contributed by atoms with Crippen LogP contribution in [0.2, 0.25) is 5.02 Å². The predicted molar refractivity (Wildman–Crippen MR) is 85.0 cm³/mol. The number of hydrogen-bond donors (Lipinski definition) is 1. The van der Waals surface area contributed by atoms with Crippen LogP contribution in [0.1, 0.15) is 0 Å². The topological polar surface area (TPSA) is 38.3 Å². The van der Waals surface area contributed by atoms with Gasteiger partial charge in [-0.25, -0.2) is 4.79 Å². The molecule has 104 valence electrons. The standard InChI is InChI=1S/C17H12ClNO2/c18-13-8-10-14(11-9-13)21-17(20)19-16-7-3-5-12-4-1-2-6-15(12)16/h1-11H,(H,19,20). The van der Waals surface area contributed by atoms with Crippen LogP contribution in [-0.4, -0.2) is 6.09 Å². The van der Waals surface area contributed by atoms with Gasteiger partial charge in [0, 0.05) is 10.4 Å². The van der Waals surface area contributed by atoms with Crippen LogP contribution in [0.3, 0.4) is 0 Å². The average Bonchev–Trinajstić information content (AvgIpc) is 2.50. The molecule has 0 radical (unpaired) electrons. The van der Waals surface area contributed by atoms with E-state index in [-0.39, 0.29) is 0 Å². The molecule has 0 spiro atoms. The number of carbonyl (C=O) groups excluding carboxylic acids is 1. The Labute approximate surface area is 127 Å². The largest absolute Gasteiger partial charge is 0.417 e. The average molecular weight is 298 g/mol. The van der Waals surface area contributed by atoms with Crippen LogP contribution in [-0.2, 0) is 0 Å². The molecular weight excluding hydrogens is 286 g/mol. The summed E-state index contributed by atoms with van der Waals surface area (Å²) >= 11 is 5.79. The first-order chi connectivity index (χ1) is 10.2. The Morgan fingerprint density at radius 1 is 0.905 bits per heavy atom. The van der Waals surface area contributed by atoms with Crippen LogP contribution in [0.15, 0.2) is 66.7 Å². The van der Waals surface area contributed by atoms with E-state index in [0.29, 0.717) is 16.5 Å². The lowest BCUT2D eigenvalue weighted by atomic mass is 10.1. The molecule has 0 aliphatic rings. The Kier molecular flexibility index (Phi) is 3.75. The summed E-state index contributed by atoms with van der Waals surface area (Å²) in [5.41, 5.74) is 0.715. The summed E-state index contributed by atoms with van der Waals surface area (Å²) < 4.78 is 5.21. The number of halogens is 1. The number of hydrogen-bond acceptors (Lipinski definition) is 2. The summed E-state index contributed by atoms with van der Waals surface area (Å²) in [6.07, 6.45) is -0.534. The summed E-state index contributed by atoms with van der Waals surface area (Å²) in [7, 11) is 0. The Morgan fingerprint density at radius 3 is 2.43 bits per heavy atom. The highest BCUT2D eigenvalue weighted by molar-refractivity contribution is 6.30. The molecule has 0 aliphatic carbocycles. The molecule has 3 aromatic carbocycles. The first-order valence-corrected chi connectivity index (χ1v) is 6.82. The summed E-state index contributed by atoms with van der Waals surface area (Å²) in [4.78, 5) is 11.9. The summed E-state index contributed by atoms with van der Waals surface area (Å²) in [5.74, 6) is 0.442. The maximum atomic E-state index is 11.9. The number of anilines is 1. The molecule has 0 fully saturated rings. The van der Waals surface area contributed by atoms with Gasteiger partial charge in [-0.2, -0.15) is 0 Å². The van der Waals surface area contributed by atoms with Crippen molar-refractivity contribution in [1.29, 1.82) is 0 Å². The Bertz CT molecular complexity index is 779. The SMILES string of the molecule is O=C(Nc1cccc2ccccc12)Oc1ccc(Cl)cc1. The minimum atomic E-state index is -0.534. The van der Waals surface area contributed by atoms with E-state index >= 15 is 0 Å². The van der Waals surface area contributed by atoms with Crippen molar-refractivity contribution in [3.05, 3.63) is 71.8 Å². The lowest BCUT2D eigenvalue weighted by Crippen LogP contribution is -2.16. The van der Waals surface area contributed by atoms with Crippen molar-refractivity contribution in [2.24, 2.45) is 0 Å². The zero-order valence-electron chi connectivity index (χ0n) is 11.0. The fourth-order valence-corrected chi connectivity index (χ4v) is 2.21. The van der Waals surface area contributed by atoms with E-state index in [1.807, 2.05) is 42.5 Å². The van der Waals surface area contributed by atoms with Gasteiger partial charge in [-0.1, -0.05) is 48.0 Å². The minimum Gasteiger partial charge on any atom is -0.410 e. The van der Waals surface area contributed by atoms with Crippen molar-refractivity contribution in [2.45, 2.75) is 0 Å². The van der Waals surface area contributed by atoms with E-state index in [1.165, 1.54) is 0 Å². The van der Waals surface area contributed by atoms with Gasteiger partial charge >= 0.3 is 6.09 Å². The normalized spacial score (nSPS) is 10.3. The van der Waals surface area contributed by atoms with Crippen molar-refractivity contribution in [1.82, 2.24) is 0 Å². The molecule has 4 heteroatoms. The van der Waals surface area contributed by atoms with Crippen molar-refractivity contribution in [3.8, 4) is 5.75 Å². The fraction of sp³-hybridized carbons (Fsp3) is 0. The van der Waals surface area contributed by atoms with E-state index in [4.69, 9.17) is 16.3 Å². The van der Waals surface area contributed by atoms with Gasteiger partial charge in [0.25, 0.3) is 0 Å². The number of carbonyl (C=O) groups is 1. The summed E-state index contributed by atoms with van der Waals surface area (Å²) in [6, 6.07) is 20.2. The van der Waals surface area contributed by atoms with Crippen molar-refractivity contribution >= 4 is 34.2 Å². The molecule has 1 N–H and O–H groups in total. The zero-order chi connectivity index (χ0) is 14.7. The van der Waals surface area contributed by atoms with Gasteiger partial charge in [-0.05, 0) is 35.7 Å². The lowest BCUT2D eigenvalue weighted by molar-refractivity contribution is 0.215. The molecule has 0 aromatic heterocycles. The summed E-state index contributed by atoms with van der Waals surface area (Å²) in [6.45, 7) is 0. The van der Waals surface area contributed by atoms with Crippen LogP contribution in [0.5, 0.6) is 5.75 Å². The lowest BCUT2D eigenvalue weighted by Gasteiger charge is -2.09. The van der Waals surface area contributed by atoms with Crippen LogP contribution < -0.4 is 10.1 Å². The summed E-state index contributed by atoms with van der Waals surface area (Å²) in [5, 5.41) is 5.37. The molecule has 3 rings (SSSR count). The first-order valence-electron chi connectivity index (χ1n) is 6.44.